The lowest BCUT2D eigenvalue weighted by molar-refractivity contribution is -0.114. The van der Waals surface area contributed by atoms with Gasteiger partial charge in [-0.15, -0.1) is 0 Å². The predicted molar refractivity (Wildman–Crippen MR) is 89.8 cm³/mol. The molecule has 0 aromatic heterocycles. The number of anilines is 2. The zero-order chi connectivity index (χ0) is 17.9. The highest BCUT2D eigenvalue weighted by Crippen LogP contribution is 2.22. The van der Waals surface area contributed by atoms with Crippen molar-refractivity contribution in [1.82, 2.24) is 0 Å². The van der Waals surface area contributed by atoms with E-state index in [0.29, 0.717) is 22.5 Å². The second-order valence-corrected chi connectivity index (χ2v) is 5.38. The largest absolute Gasteiger partial charge is 0.326 e. The van der Waals surface area contributed by atoms with E-state index in [2.05, 4.69) is 10.6 Å². The van der Waals surface area contributed by atoms with Gasteiger partial charge in [0.25, 0.3) is 5.91 Å². The summed E-state index contributed by atoms with van der Waals surface area (Å²) < 4.78 is 14.0. The van der Waals surface area contributed by atoms with Gasteiger partial charge in [0.2, 0.25) is 5.91 Å². The Hall–Kier alpha value is -3.02. The van der Waals surface area contributed by atoms with E-state index in [-0.39, 0.29) is 17.3 Å². The van der Waals surface area contributed by atoms with Gasteiger partial charge in [-0.2, -0.15) is 0 Å². The van der Waals surface area contributed by atoms with Gasteiger partial charge in [-0.1, -0.05) is 12.1 Å². The van der Waals surface area contributed by atoms with E-state index in [1.54, 1.807) is 25.1 Å². The van der Waals surface area contributed by atoms with E-state index in [1.807, 2.05) is 0 Å². The van der Waals surface area contributed by atoms with Crippen LogP contribution in [0.2, 0.25) is 0 Å². The molecule has 124 valence electrons. The zero-order valence-corrected chi connectivity index (χ0v) is 13.6. The average Bonchev–Trinajstić information content (AvgIpc) is 2.48. The molecule has 0 unspecified atom stereocenters. The maximum atomic E-state index is 14.0. The van der Waals surface area contributed by atoms with Crippen LogP contribution in [0.5, 0.6) is 0 Å². The number of nitrogens with one attached hydrogen (secondary N) is 2. The maximum absolute atomic E-state index is 14.0. The zero-order valence-electron chi connectivity index (χ0n) is 13.6. The molecule has 2 amide bonds. The molecule has 0 aliphatic carbocycles. The molecule has 0 aliphatic rings. The highest BCUT2D eigenvalue weighted by Gasteiger charge is 2.17. The summed E-state index contributed by atoms with van der Waals surface area (Å²) in [6.45, 7) is 4.47. The van der Waals surface area contributed by atoms with E-state index < -0.39 is 11.7 Å². The summed E-state index contributed by atoms with van der Waals surface area (Å²) in [5.74, 6) is -1.95. The molecule has 0 fully saturated rings. The number of ketones is 1. The first-order valence-corrected chi connectivity index (χ1v) is 7.28. The molecule has 5 nitrogen and oxygen atoms in total. The Balaban J connectivity index is 2.36. The molecule has 2 aromatic carbocycles. The number of Topliss-reactive ketones (excluding diaryl/α,β-unsaturated/α-hetero) is 1. The number of halogens is 1. The van der Waals surface area contributed by atoms with Gasteiger partial charge in [0.15, 0.2) is 5.78 Å². The minimum Gasteiger partial charge on any atom is -0.326 e. The highest BCUT2D eigenvalue weighted by molar-refractivity contribution is 6.10. The van der Waals surface area contributed by atoms with Gasteiger partial charge in [0.1, 0.15) is 5.82 Å². The van der Waals surface area contributed by atoms with Crippen molar-refractivity contribution in [3.8, 4) is 0 Å². The van der Waals surface area contributed by atoms with Gasteiger partial charge in [0, 0.05) is 18.2 Å². The van der Waals surface area contributed by atoms with Crippen LogP contribution in [0.1, 0.15) is 40.1 Å². The van der Waals surface area contributed by atoms with Crippen molar-refractivity contribution in [3.05, 3.63) is 58.9 Å². The van der Waals surface area contributed by atoms with Crippen LogP contribution in [0.15, 0.2) is 36.4 Å². The SMILES string of the molecule is CC(=O)Nc1ccc(F)c(C(=O)Nc2cccc(C)c2C(C)=O)c1. The Labute approximate surface area is 138 Å². The molecule has 6 heteroatoms. The van der Waals surface area contributed by atoms with E-state index in [1.165, 1.54) is 26.0 Å². The van der Waals surface area contributed by atoms with Gasteiger partial charge >= 0.3 is 0 Å². The summed E-state index contributed by atoms with van der Waals surface area (Å²) >= 11 is 0. The van der Waals surface area contributed by atoms with Crippen LogP contribution in [0.3, 0.4) is 0 Å². The molecule has 2 rings (SSSR count). The van der Waals surface area contributed by atoms with Crippen molar-refractivity contribution in [1.29, 1.82) is 0 Å². The smallest absolute Gasteiger partial charge is 0.258 e. The van der Waals surface area contributed by atoms with Gasteiger partial charge < -0.3 is 10.6 Å². The molecule has 0 heterocycles. The second-order valence-electron chi connectivity index (χ2n) is 5.38. The average molecular weight is 328 g/mol. The van der Waals surface area contributed by atoms with Crippen LogP contribution in [0.4, 0.5) is 15.8 Å². The van der Waals surface area contributed by atoms with E-state index in [0.717, 1.165) is 6.07 Å². The molecule has 0 aliphatic heterocycles. The lowest BCUT2D eigenvalue weighted by Gasteiger charge is -2.12. The monoisotopic (exact) mass is 328 g/mol. The fourth-order valence-corrected chi connectivity index (χ4v) is 2.41. The number of amides is 2. The fourth-order valence-electron chi connectivity index (χ4n) is 2.41. The summed E-state index contributed by atoms with van der Waals surface area (Å²) in [5, 5.41) is 5.05. The van der Waals surface area contributed by atoms with Crippen LogP contribution >= 0.6 is 0 Å². The Kier molecular flexibility index (Phi) is 5.08. The lowest BCUT2D eigenvalue weighted by atomic mass is 10.0. The number of benzene rings is 2. The highest BCUT2D eigenvalue weighted by atomic mass is 19.1. The Bertz CT molecular complexity index is 831. The van der Waals surface area contributed by atoms with E-state index >= 15 is 0 Å². The van der Waals surface area contributed by atoms with Gasteiger partial charge in [0.05, 0.1) is 11.3 Å². The van der Waals surface area contributed by atoms with Crippen LogP contribution in [-0.4, -0.2) is 17.6 Å². The van der Waals surface area contributed by atoms with Crippen LogP contribution in [0.25, 0.3) is 0 Å². The Morgan fingerprint density at radius 2 is 1.71 bits per heavy atom. The summed E-state index contributed by atoms with van der Waals surface area (Å²) in [6.07, 6.45) is 0. The standard InChI is InChI=1S/C18H17FN2O3/c1-10-5-4-6-16(17(10)11(2)22)21-18(24)14-9-13(20-12(3)23)7-8-15(14)19/h4-9H,1-3H3,(H,20,23)(H,21,24). The Morgan fingerprint density at radius 3 is 2.33 bits per heavy atom. The first-order chi connectivity index (χ1) is 11.3. The fraction of sp³-hybridized carbons (Fsp3) is 0.167. The van der Waals surface area contributed by atoms with Crippen LogP contribution in [-0.2, 0) is 4.79 Å². The van der Waals surface area contributed by atoms with Gasteiger partial charge in [-0.05, 0) is 43.7 Å². The topological polar surface area (TPSA) is 75.3 Å². The van der Waals surface area contributed by atoms with Crippen molar-refractivity contribution < 1.29 is 18.8 Å². The molecule has 0 atom stereocenters. The van der Waals surface area contributed by atoms with Crippen LogP contribution < -0.4 is 10.6 Å². The summed E-state index contributed by atoms with van der Waals surface area (Å²) in [7, 11) is 0. The predicted octanol–water partition coefficient (Wildman–Crippen LogP) is 3.55. The summed E-state index contributed by atoms with van der Waals surface area (Å²) in [5.41, 5.74) is 1.50. The quantitative estimate of drug-likeness (QED) is 0.843. The van der Waals surface area contributed by atoms with Crippen molar-refractivity contribution in [2.45, 2.75) is 20.8 Å². The normalized spacial score (nSPS) is 10.2. The first kappa shape index (κ1) is 17.3. The third-order valence-electron chi connectivity index (χ3n) is 3.40. The lowest BCUT2D eigenvalue weighted by Crippen LogP contribution is -2.17. The van der Waals surface area contributed by atoms with E-state index in [9.17, 15) is 18.8 Å². The number of aryl methyl sites for hydroxylation is 1. The minimum atomic E-state index is -0.723. The molecule has 0 saturated heterocycles. The number of rotatable bonds is 4. The number of hydrogen-bond donors (Lipinski definition) is 2. The molecule has 2 N–H and O–H groups in total. The van der Waals surface area contributed by atoms with Crippen LogP contribution in [0, 0.1) is 12.7 Å². The molecule has 24 heavy (non-hydrogen) atoms. The molecular formula is C18H17FN2O3. The van der Waals surface area contributed by atoms with E-state index in [4.69, 9.17) is 0 Å². The number of carbonyl (C=O) groups excluding carboxylic acids is 3. The maximum Gasteiger partial charge on any atom is 0.258 e. The number of carbonyl (C=O) groups is 3. The van der Waals surface area contributed by atoms with Crippen molar-refractivity contribution in [3.63, 3.8) is 0 Å². The molecule has 0 saturated carbocycles. The molecular weight excluding hydrogens is 311 g/mol. The van der Waals surface area contributed by atoms with Crippen molar-refractivity contribution in [2.75, 3.05) is 10.6 Å². The molecule has 0 spiro atoms. The summed E-state index contributed by atoms with van der Waals surface area (Å²) in [6, 6.07) is 8.74. The van der Waals surface area contributed by atoms with Gasteiger partial charge in [-0.3, -0.25) is 14.4 Å². The Morgan fingerprint density at radius 1 is 1.00 bits per heavy atom. The molecule has 2 aromatic rings. The third-order valence-corrected chi connectivity index (χ3v) is 3.40. The molecule has 0 radical (unpaired) electrons. The third kappa shape index (κ3) is 3.84. The minimum absolute atomic E-state index is 0.198. The van der Waals surface area contributed by atoms with Gasteiger partial charge in [-0.25, -0.2) is 4.39 Å². The number of hydrogen-bond acceptors (Lipinski definition) is 3. The van der Waals surface area contributed by atoms with Crippen molar-refractivity contribution >= 4 is 29.0 Å². The first-order valence-electron chi connectivity index (χ1n) is 7.28. The summed E-state index contributed by atoms with van der Waals surface area (Å²) in [4.78, 5) is 35.2. The molecule has 0 bridgehead atoms. The second kappa shape index (κ2) is 7.04. The van der Waals surface area contributed by atoms with Crippen molar-refractivity contribution in [2.24, 2.45) is 0 Å².